The van der Waals surface area contributed by atoms with E-state index in [-0.39, 0.29) is 5.41 Å². The van der Waals surface area contributed by atoms with Gasteiger partial charge >= 0.3 is 10.1 Å². The van der Waals surface area contributed by atoms with Crippen molar-refractivity contribution in [3.05, 3.63) is 41.0 Å². The second kappa shape index (κ2) is 5.60. The molecule has 1 aromatic carbocycles. The van der Waals surface area contributed by atoms with Crippen molar-refractivity contribution in [1.82, 2.24) is 0 Å². The summed E-state index contributed by atoms with van der Waals surface area (Å²) in [6.07, 6.45) is 8.45. The van der Waals surface area contributed by atoms with Gasteiger partial charge < -0.3 is 4.18 Å². The van der Waals surface area contributed by atoms with Crippen molar-refractivity contribution in [1.29, 1.82) is 5.26 Å². The third kappa shape index (κ3) is 2.67. The maximum atomic E-state index is 11.4. The van der Waals surface area contributed by atoms with Crippen LogP contribution in [0.5, 0.6) is 5.75 Å². The molecule has 4 unspecified atom stereocenters. The van der Waals surface area contributed by atoms with E-state index in [0.29, 0.717) is 23.5 Å². The SMILES string of the molecule is CC12CCC3c4ccc(OS(C)(=O)=O)cc4CCC3C1CC=C2C#N. The van der Waals surface area contributed by atoms with Crippen LogP contribution in [0.4, 0.5) is 0 Å². The van der Waals surface area contributed by atoms with Crippen LogP contribution in [0.3, 0.4) is 0 Å². The molecule has 0 radical (unpaired) electrons. The van der Waals surface area contributed by atoms with Crippen LogP contribution in [-0.2, 0) is 16.5 Å². The number of benzene rings is 1. The lowest BCUT2D eigenvalue weighted by molar-refractivity contribution is 0.0780. The molecule has 4 atom stereocenters. The lowest BCUT2D eigenvalue weighted by Gasteiger charge is -2.49. The summed E-state index contributed by atoms with van der Waals surface area (Å²) < 4.78 is 27.8. The van der Waals surface area contributed by atoms with Crippen LogP contribution in [-0.4, -0.2) is 14.7 Å². The zero-order valence-corrected chi connectivity index (χ0v) is 15.5. The van der Waals surface area contributed by atoms with Gasteiger partial charge in [-0.2, -0.15) is 13.7 Å². The van der Waals surface area contributed by atoms with Crippen molar-refractivity contribution in [2.75, 3.05) is 6.26 Å². The van der Waals surface area contributed by atoms with Gasteiger partial charge in [0.2, 0.25) is 0 Å². The zero-order valence-electron chi connectivity index (χ0n) is 14.7. The quantitative estimate of drug-likeness (QED) is 0.752. The summed E-state index contributed by atoms with van der Waals surface area (Å²) >= 11 is 0. The summed E-state index contributed by atoms with van der Waals surface area (Å²) in [5.41, 5.74) is 3.60. The van der Waals surface area contributed by atoms with Crippen LogP contribution in [0.15, 0.2) is 29.8 Å². The number of hydrogen-bond donors (Lipinski definition) is 0. The average Bonchev–Trinajstić information content (AvgIpc) is 2.89. The Labute approximate surface area is 149 Å². The van der Waals surface area contributed by atoms with E-state index in [4.69, 9.17) is 4.18 Å². The topological polar surface area (TPSA) is 67.2 Å². The second-order valence-corrected chi connectivity index (χ2v) is 9.56. The fourth-order valence-electron chi connectivity index (χ4n) is 5.53. The molecule has 0 amide bonds. The van der Waals surface area contributed by atoms with E-state index < -0.39 is 10.1 Å². The number of aryl methyl sites for hydroxylation is 1. The highest BCUT2D eigenvalue weighted by atomic mass is 32.2. The molecule has 0 aliphatic heterocycles. The molecule has 25 heavy (non-hydrogen) atoms. The van der Waals surface area contributed by atoms with E-state index in [9.17, 15) is 13.7 Å². The Morgan fingerprint density at radius 3 is 2.84 bits per heavy atom. The van der Waals surface area contributed by atoms with E-state index in [1.165, 1.54) is 11.1 Å². The lowest BCUT2D eigenvalue weighted by Crippen LogP contribution is -2.41. The highest BCUT2D eigenvalue weighted by molar-refractivity contribution is 7.86. The normalized spacial score (nSPS) is 33.5. The predicted octanol–water partition coefficient (Wildman–Crippen LogP) is 3.94. The molecule has 0 bridgehead atoms. The van der Waals surface area contributed by atoms with Crippen LogP contribution < -0.4 is 4.18 Å². The van der Waals surface area contributed by atoms with Gasteiger partial charge in [-0.05, 0) is 73.1 Å². The van der Waals surface area contributed by atoms with Crippen LogP contribution in [0, 0.1) is 28.6 Å². The number of allylic oxidation sites excluding steroid dienone is 2. The van der Waals surface area contributed by atoms with Gasteiger partial charge in [0.05, 0.1) is 12.3 Å². The van der Waals surface area contributed by atoms with E-state index in [1.54, 1.807) is 6.07 Å². The Kier molecular flexibility index (Phi) is 3.73. The van der Waals surface area contributed by atoms with Gasteiger partial charge in [0.25, 0.3) is 0 Å². The van der Waals surface area contributed by atoms with Crippen LogP contribution in [0.2, 0.25) is 0 Å². The van der Waals surface area contributed by atoms with Gasteiger partial charge in [0.1, 0.15) is 5.75 Å². The number of nitrogens with zero attached hydrogens (tertiary/aromatic N) is 1. The van der Waals surface area contributed by atoms with Crippen molar-refractivity contribution in [3.8, 4) is 11.8 Å². The highest BCUT2D eigenvalue weighted by Crippen LogP contribution is 2.60. The van der Waals surface area contributed by atoms with Gasteiger partial charge in [0.15, 0.2) is 0 Å². The number of nitriles is 1. The third-order valence-electron chi connectivity index (χ3n) is 6.65. The van der Waals surface area contributed by atoms with Crippen LogP contribution in [0.1, 0.15) is 49.7 Å². The summed E-state index contributed by atoms with van der Waals surface area (Å²) in [7, 11) is -3.49. The molecule has 1 fully saturated rings. The number of fused-ring (bicyclic) bond motifs is 5. The maximum Gasteiger partial charge on any atom is 0.306 e. The molecule has 3 aliphatic carbocycles. The standard InChI is InChI=1S/C20H23NO3S/c1-20-10-9-17-16-7-5-15(24-25(2,22)23)11-13(16)3-6-18(17)19(20)8-4-14(20)12-21/h4-5,7,11,17-19H,3,6,8-10H2,1-2H3. The molecule has 0 aromatic heterocycles. The zero-order chi connectivity index (χ0) is 17.8. The fraction of sp³-hybridized carbons (Fsp3) is 0.550. The van der Waals surface area contributed by atoms with Crippen molar-refractivity contribution in [3.63, 3.8) is 0 Å². The molecule has 4 nitrogen and oxygen atoms in total. The van der Waals surface area contributed by atoms with Crippen LogP contribution >= 0.6 is 0 Å². The molecule has 0 N–H and O–H groups in total. The molecule has 0 heterocycles. The first-order valence-corrected chi connectivity index (χ1v) is 10.8. The molecule has 0 saturated heterocycles. The van der Waals surface area contributed by atoms with Crippen molar-refractivity contribution in [2.24, 2.45) is 17.3 Å². The Balaban J connectivity index is 1.64. The Morgan fingerprint density at radius 1 is 1.32 bits per heavy atom. The summed E-state index contributed by atoms with van der Waals surface area (Å²) in [6, 6.07) is 8.17. The molecule has 1 saturated carbocycles. The molecule has 4 rings (SSSR count). The molecule has 0 spiro atoms. The number of hydrogen-bond acceptors (Lipinski definition) is 4. The minimum absolute atomic E-state index is 0.0484. The van der Waals surface area contributed by atoms with Gasteiger partial charge in [-0.15, -0.1) is 0 Å². The van der Waals surface area contributed by atoms with Gasteiger partial charge in [0, 0.05) is 11.0 Å². The minimum Gasteiger partial charge on any atom is -0.383 e. The summed E-state index contributed by atoms with van der Waals surface area (Å²) in [6.45, 7) is 2.27. The largest absolute Gasteiger partial charge is 0.383 e. The van der Waals surface area contributed by atoms with Crippen molar-refractivity contribution in [2.45, 2.75) is 44.9 Å². The maximum absolute atomic E-state index is 11.4. The van der Waals surface area contributed by atoms with E-state index in [2.05, 4.69) is 25.1 Å². The first-order chi connectivity index (χ1) is 11.8. The number of rotatable bonds is 2. The van der Waals surface area contributed by atoms with Crippen molar-refractivity contribution < 1.29 is 12.6 Å². The predicted molar refractivity (Wildman–Crippen MR) is 95.6 cm³/mol. The molecular weight excluding hydrogens is 334 g/mol. The smallest absolute Gasteiger partial charge is 0.306 e. The Morgan fingerprint density at radius 2 is 2.12 bits per heavy atom. The molecule has 132 valence electrons. The molecular formula is C20H23NO3S. The fourth-order valence-corrected chi connectivity index (χ4v) is 5.98. The first-order valence-electron chi connectivity index (χ1n) is 8.95. The van der Waals surface area contributed by atoms with E-state index >= 15 is 0 Å². The Bertz CT molecular complexity index is 896. The summed E-state index contributed by atoms with van der Waals surface area (Å²) in [5, 5.41) is 9.47. The van der Waals surface area contributed by atoms with Crippen LogP contribution in [0.25, 0.3) is 0 Å². The van der Waals surface area contributed by atoms with Gasteiger partial charge in [-0.3, -0.25) is 0 Å². The Hall–Kier alpha value is -1.80. The monoisotopic (exact) mass is 357 g/mol. The van der Waals surface area contributed by atoms with Crippen molar-refractivity contribution >= 4 is 10.1 Å². The van der Waals surface area contributed by atoms with E-state index in [1.807, 2.05) is 6.07 Å². The molecule has 1 aromatic rings. The summed E-state index contributed by atoms with van der Waals surface area (Å²) in [5.74, 6) is 2.09. The highest BCUT2D eigenvalue weighted by Gasteiger charge is 2.51. The minimum atomic E-state index is -3.49. The average molecular weight is 357 g/mol. The van der Waals surface area contributed by atoms with E-state index in [0.717, 1.165) is 43.9 Å². The van der Waals surface area contributed by atoms with Gasteiger partial charge in [-0.1, -0.05) is 19.1 Å². The summed E-state index contributed by atoms with van der Waals surface area (Å²) in [4.78, 5) is 0. The lowest BCUT2D eigenvalue weighted by atomic mass is 9.54. The first kappa shape index (κ1) is 16.7. The molecule has 5 heteroatoms. The second-order valence-electron chi connectivity index (χ2n) is 7.99. The molecule has 3 aliphatic rings. The van der Waals surface area contributed by atoms with Gasteiger partial charge in [-0.25, -0.2) is 0 Å². The third-order valence-corrected chi connectivity index (χ3v) is 7.14.